The molecule has 0 saturated heterocycles. The molecule has 3 rings (SSSR count). The van der Waals surface area contributed by atoms with Gasteiger partial charge in [0.15, 0.2) is 0 Å². The third-order valence-electron chi connectivity index (χ3n) is 3.50. The predicted molar refractivity (Wildman–Crippen MR) is 71.8 cm³/mol. The zero-order valence-electron chi connectivity index (χ0n) is 10.6. The van der Waals surface area contributed by atoms with Crippen molar-refractivity contribution in [3.63, 3.8) is 0 Å². The van der Waals surface area contributed by atoms with E-state index in [1.165, 1.54) is 19.3 Å². The standard InChI is InChI=1S/C14H18N4/c1-2-13(11-3-4-11)17-12-5-6-14(16-9-12)18-8-7-15-10-18/h5-11,13,17H,2-4H2,1H3. The van der Waals surface area contributed by atoms with Crippen molar-refractivity contribution >= 4 is 5.69 Å². The lowest BCUT2D eigenvalue weighted by Gasteiger charge is -2.17. The Morgan fingerprint density at radius 2 is 2.33 bits per heavy atom. The molecule has 2 aromatic heterocycles. The molecule has 1 aliphatic carbocycles. The molecule has 1 N–H and O–H groups in total. The highest BCUT2D eigenvalue weighted by Gasteiger charge is 2.29. The fourth-order valence-electron chi connectivity index (χ4n) is 2.28. The minimum Gasteiger partial charge on any atom is -0.381 e. The van der Waals surface area contributed by atoms with E-state index in [1.807, 2.05) is 23.0 Å². The molecule has 1 aliphatic rings. The molecule has 0 spiro atoms. The van der Waals surface area contributed by atoms with Gasteiger partial charge in [-0.2, -0.15) is 0 Å². The zero-order chi connectivity index (χ0) is 12.4. The van der Waals surface area contributed by atoms with E-state index in [4.69, 9.17) is 0 Å². The third-order valence-corrected chi connectivity index (χ3v) is 3.50. The van der Waals surface area contributed by atoms with Crippen molar-refractivity contribution < 1.29 is 0 Å². The average Bonchev–Trinajstić information content (AvgIpc) is 3.11. The summed E-state index contributed by atoms with van der Waals surface area (Å²) in [4.78, 5) is 8.47. The van der Waals surface area contributed by atoms with Gasteiger partial charge in [-0.3, -0.25) is 4.57 Å². The Kier molecular flexibility index (Phi) is 3.00. The molecule has 0 bridgehead atoms. The fourth-order valence-corrected chi connectivity index (χ4v) is 2.28. The number of nitrogens with zero attached hydrogens (tertiary/aromatic N) is 3. The summed E-state index contributed by atoms with van der Waals surface area (Å²) in [5.74, 6) is 1.76. The van der Waals surface area contributed by atoms with E-state index < -0.39 is 0 Å². The third kappa shape index (κ3) is 2.37. The van der Waals surface area contributed by atoms with Gasteiger partial charge in [0.1, 0.15) is 12.1 Å². The van der Waals surface area contributed by atoms with Crippen molar-refractivity contribution in [1.82, 2.24) is 14.5 Å². The molecule has 94 valence electrons. The first-order valence-electron chi connectivity index (χ1n) is 6.57. The maximum Gasteiger partial charge on any atom is 0.137 e. The van der Waals surface area contributed by atoms with E-state index in [0.717, 1.165) is 17.4 Å². The molecule has 18 heavy (non-hydrogen) atoms. The normalized spacial score (nSPS) is 16.5. The monoisotopic (exact) mass is 242 g/mol. The number of hydrogen-bond acceptors (Lipinski definition) is 3. The summed E-state index contributed by atoms with van der Waals surface area (Å²) in [5.41, 5.74) is 1.11. The summed E-state index contributed by atoms with van der Waals surface area (Å²) < 4.78 is 1.90. The molecule has 1 saturated carbocycles. The summed E-state index contributed by atoms with van der Waals surface area (Å²) in [5, 5.41) is 3.58. The van der Waals surface area contributed by atoms with Crippen molar-refractivity contribution in [1.29, 1.82) is 0 Å². The van der Waals surface area contributed by atoms with Crippen LogP contribution in [-0.4, -0.2) is 20.6 Å². The number of imidazole rings is 1. The fraction of sp³-hybridized carbons (Fsp3) is 0.429. The van der Waals surface area contributed by atoms with E-state index in [-0.39, 0.29) is 0 Å². The molecule has 0 radical (unpaired) electrons. The Balaban J connectivity index is 1.70. The Hall–Kier alpha value is -1.84. The number of aromatic nitrogens is 3. The Bertz CT molecular complexity index is 485. The van der Waals surface area contributed by atoms with Gasteiger partial charge in [-0.1, -0.05) is 6.92 Å². The SMILES string of the molecule is CCC(Nc1ccc(-n2ccnc2)nc1)C1CC1. The minimum atomic E-state index is 0.603. The van der Waals surface area contributed by atoms with Crippen LogP contribution < -0.4 is 5.32 Å². The predicted octanol–water partition coefficient (Wildman–Crippen LogP) is 2.87. The van der Waals surface area contributed by atoms with Crippen LogP contribution in [0.4, 0.5) is 5.69 Å². The number of pyridine rings is 1. The van der Waals surface area contributed by atoms with Crippen LogP contribution >= 0.6 is 0 Å². The van der Waals surface area contributed by atoms with E-state index in [1.54, 1.807) is 12.5 Å². The summed E-state index contributed by atoms with van der Waals surface area (Å²) in [6.45, 7) is 2.24. The molecule has 1 atom stereocenters. The number of nitrogens with one attached hydrogen (secondary N) is 1. The topological polar surface area (TPSA) is 42.7 Å². The van der Waals surface area contributed by atoms with E-state index in [0.29, 0.717) is 6.04 Å². The first-order valence-corrected chi connectivity index (χ1v) is 6.57. The van der Waals surface area contributed by atoms with Crippen molar-refractivity contribution in [2.45, 2.75) is 32.2 Å². The number of anilines is 1. The molecule has 4 heteroatoms. The maximum atomic E-state index is 4.45. The van der Waals surface area contributed by atoms with Crippen LogP contribution in [-0.2, 0) is 0 Å². The molecule has 1 unspecified atom stereocenters. The molecule has 2 aromatic rings. The van der Waals surface area contributed by atoms with Crippen LogP contribution in [0.2, 0.25) is 0 Å². The van der Waals surface area contributed by atoms with Crippen LogP contribution in [0.15, 0.2) is 37.1 Å². The highest BCUT2D eigenvalue weighted by molar-refractivity contribution is 5.44. The first kappa shape index (κ1) is 11.3. The van der Waals surface area contributed by atoms with Gasteiger partial charge in [0.25, 0.3) is 0 Å². The summed E-state index contributed by atoms with van der Waals surface area (Å²) in [7, 11) is 0. The Morgan fingerprint density at radius 1 is 1.44 bits per heavy atom. The zero-order valence-corrected chi connectivity index (χ0v) is 10.6. The second-order valence-corrected chi connectivity index (χ2v) is 4.87. The van der Waals surface area contributed by atoms with Gasteiger partial charge in [0.05, 0.1) is 11.9 Å². The smallest absolute Gasteiger partial charge is 0.137 e. The van der Waals surface area contributed by atoms with Gasteiger partial charge >= 0.3 is 0 Å². The molecule has 0 aromatic carbocycles. The highest BCUT2D eigenvalue weighted by Crippen LogP contribution is 2.35. The molecular weight excluding hydrogens is 224 g/mol. The minimum absolute atomic E-state index is 0.603. The second kappa shape index (κ2) is 4.80. The summed E-state index contributed by atoms with van der Waals surface area (Å²) in [6.07, 6.45) is 11.2. The van der Waals surface area contributed by atoms with E-state index >= 15 is 0 Å². The first-order chi connectivity index (χ1) is 8.86. The molecule has 0 aliphatic heterocycles. The van der Waals surface area contributed by atoms with Crippen LogP contribution in [0.25, 0.3) is 5.82 Å². The average molecular weight is 242 g/mol. The number of rotatable bonds is 5. The molecular formula is C14H18N4. The van der Waals surface area contributed by atoms with E-state index in [9.17, 15) is 0 Å². The van der Waals surface area contributed by atoms with Gasteiger partial charge in [-0.25, -0.2) is 9.97 Å². The van der Waals surface area contributed by atoms with Gasteiger partial charge < -0.3 is 5.32 Å². The quantitative estimate of drug-likeness (QED) is 0.876. The Labute approximate surface area is 107 Å². The largest absolute Gasteiger partial charge is 0.381 e. The lowest BCUT2D eigenvalue weighted by molar-refractivity contribution is 0.616. The second-order valence-electron chi connectivity index (χ2n) is 4.87. The van der Waals surface area contributed by atoms with Gasteiger partial charge in [-0.15, -0.1) is 0 Å². The lowest BCUT2D eigenvalue weighted by Crippen LogP contribution is -2.20. The van der Waals surface area contributed by atoms with Crippen LogP contribution in [0.5, 0.6) is 0 Å². The van der Waals surface area contributed by atoms with Crippen molar-refractivity contribution in [3.05, 3.63) is 37.1 Å². The van der Waals surface area contributed by atoms with Crippen LogP contribution in [0.1, 0.15) is 26.2 Å². The van der Waals surface area contributed by atoms with Gasteiger partial charge in [-0.05, 0) is 37.3 Å². The molecule has 1 fully saturated rings. The highest BCUT2D eigenvalue weighted by atomic mass is 15.1. The maximum absolute atomic E-state index is 4.45. The van der Waals surface area contributed by atoms with Crippen molar-refractivity contribution in [2.75, 3.05) is 5.32 Å². The molecule has 2 heterocycles. The summed E-state index contributed by atoms with van der Waals surface area (Å²) in [6, 6.07) is 4.71. The number of hydrogen-bond donors (Lipinski definition) is 1. The van der Waals surface area contributed by atoms with Crippen molar-refractivity contribution in [2.24, 2.45) is 5.92 Å². The summed E-state index contributed by atoms with van der Waals surface area (Å²) >= 11 is 0. The molecule has 0 amide bonds. The Morgan fingerprint density at radius 3 is 2.89 bits per heavy atom. The van der Waals surface area contributed by atoms with Crippen LogP contribution in [0, 0.1) is 5.92 Å². The van der Waals surface area contributed by atoms with E-state index in [2.05, 4.69) is 28.3 Å². The lowest BCUT2D eigenvalue weighted by atomic mass is 10.1. The van der Waals surface area contributed by atoms with Crippen LogP contribution in [0.3, 0.4) is 0 Å². The van der Waals surface area contributed by atoms with Gasteiger partial charge in [0.2, 0.25) is 0 Å². The van der Waals surface area contributed by atoms with Crippen molar-refractivity contribution in [3.8, 4) is 5.82 Å². The molecule has 4 nitrogen and oxygen atoms in total. The van der Waals surface area contributed by atoms with Gasteiger partial charge in [0, 0.05) is 18.4 Å².